The van der Waals surface area contributed by atoms with Gasteiger partial charge in [-0.3, -0.25) is 24.1 Å². The van der Waals surface area contributed by atoms with Crippen molar-refractivity contribution in [1.82, 2.24) is 30.4 Å². The van der Waals surface area contributed by atoms with Gasteiger partial charge < -0.3 is 25.6 Å². The van der Waals surface area contributed by atoms with E-state index in [2.05, 4.69) is 27.0 Å². The molecular weight excluding hydrogens is 700 g/mol. The number of amides is 5. The van der Waals surface area contributed by atoms with Crippen LogP contribution in [0.2, 0.25) is 0 Å². The van der Waals surface area contributed by atoms with Crippen LogP contribution in [0.15, 0.2) is 48.5 Å². The highest BCUT2D eigenvalue weighted by atomic mass is 19.1. The van der Waals surface area contributed by atoms with Crippen molar-refractivity contribution in [2.75, 3.05) is 25.0 Å². The number of hydrogen-bond acceptors (Lipinski definition) is 8. The van der Waals surface area contributed by atoms with Gasteiger partial charge in [-0.15, -0.1) is 0 Å². The highest BCUT2D eigenvalue weighted by molar-refractivity contribution is 5.98. The number of nitrogens with one attached hydrogen (secondary N) is 3. The summed E-state index contributed by atoms with van der Waals surface area (Å²) in [6, 6.07) is 7.73. The molecule has 3 aromatic rings. The highest BCUT2D eigenvalue weighted by Gasteiger charge is 2.41. The molecule has 1 aromatic carbocycles. The van der Waals surface area contributed by atoms with Crippen molar-refractivity contribution in [3.8, 4) is 0 Å². The maximum absolute atomic E-state index is 14.8. The third-order valence-corrected chi connectivity index (χ3v) is 9.49. The first-order chi connectivity index (χ1) is 25.6. The average molecular weight is 746 g/mol. The summed E-state index contributed by atoms with van der Waals surface area (Å²) < 4.78 is 33.8. The average Bonchev–Trinajstić information content (AvgIpc) is 3.65. The molecule has 2 unspecified atom stereocenters. The molecule has 3 fully saturated rings. The minimum absolute atomic E-state index is 0.0101. The lowest BCUT2D eigenvalue weighted by Gasteiger charge is -2.28. The largest absolute Gasteiger partial charge is 0.444 e. The monoisotopic (exact) mass is 745 g/mol. The molecule has 0 bridgehead atoms. The molecule has 6 rings (SSSR count). The van der Waals surface area contributed by atoms with Gasteiger partial charge in [0.1, 0.15) is 41.2 Å². The van der Waals surface area contributed by atoms with E-state index in [1.165, 1.54) is 29.2 Å². The van der Waals surface area contributed by atoms with Crippen molar-refractivity contribution in [1.29, 1.82) is 0 Å². The second-order valence-electron chi connectivity index (χ2n) is 15.0. The summed E-state index contributed by atoms with van der Waals surface area (Å²) in [5.74, 6) is -2.09. The van der Waals surface area contributed by atoms with Crippen molar-refractivity contribution in [3.05, 3.63) is 71.3 Å². The van der Waals surface area contributed by atoms with Gasteiger partial charge in [-0.05, 0) is 101 Å². The number of likely N-dealkylation sites (tertiary alicyclic amines) is 2. The molecule has 1 saturated carbocycles. The van der Waals surface area contributed by atoms with Gasteiger partial charge in [-0.25, -0.2) is 23.5 Å². The molecule has 286 valence electrons. The SMILES string of the molecule is CC(NC(=O)C1C[C@@H](F)CN1C(=O)CNC(=O)c1ccc2cc(F)ccc2n1)c1nc(NC(=O)[C@@H]2CCCN2C(=O)OC(C)(C)C)ccc1/C=C/C1CC1. The van der Waals surface area contributed by atoms with Gasteiger partial charge in [0, 0.05) is 18.4 Å². The quantitative estimate of drug-likeness (QED) is 0.259. The summed E-state index contributed by atoms with van der Waals surface area (Å²) >= 11 is 0. The van der Waals surface area contributed by atoms with E-state index in [0.29, 0.717) is 47.5 Å². The van der Waals surface area contributed by atoms with Crippen LogP contribution in [0.1, 0.15) is 87.6 Å². The smallest absolute Gasteiger partial charge is 0.410 e. The van der Waals surface area contributed by atoms with Crippen LogP contribution >= 0.6 is 0 Å². The van der Waals surface area contributed by atoms with Crippen molar-refractivity contribution >= 4 is 52.5 Å². The molecule has 1 aliphatic carbocycles. The summed E-state index contributed by atoms with van der Waals surface area (Å²) in [4.78, 5) is 77.4. The third-order valence-electron chi connectivity index (χ3n) is 9.49. The van der Waals surface area contributed by atoms with Gasteiger partial charge >= 0.3 is 6.09 Å². The van der Waals surface area contributed by atoms with Crippen LogP contribution in [0.5, 0.6) is 0 Å². The van der Waals surface area contributed by atoms with Crippen LogP contribution in [0.25, 0.3) is 17.0 Å². The Morgan fingerprint density at radius 3 is 2.50 bits per heavy atom. The molecule has 0 spiro atoms. The first-order valence-electron chi connectivity index (χ1n) is 18.2. The number of carbonyl (C=O) groups excluding carboxylic acids is 5. The molecule has 2 aromatic heterocycles. The number of ether oxygens (including phenoxy) is 1. The van der Waals surface area contributed by atoms with Crippen LogP contribution in [0.4, 0.5) is 19.4 Å². The summed E-state index contributed by atoms with van der Waals surface area (Å²) in [6.45, 7) is 6.55. The molecule has 3 aliphatic rings. The van der Waals surface area contributed by atoms with Gasteiger partial charge in [-0.2, -0.15) is 0 Å². The normalized spacial score (nSPS) is 20.6. The molecule has 4 heterocycles. The fourth-order valence-electron chi connectivity index (χ4n) is 6.62. The number of pyridine rings is 2. The van der Waals surface area contributed by atoms with Gasteiger partial charge in [0.15, 0.2) is 0 Å². The van der Waals surface area contributed by atoms with Gasteiger partial charge in [0.05, 0.1) is 30.3 Å². The molecule has 5 amide bonds. The van der Waals surface area contributed by atoms with Crippen LogP contribution in [-0.4, -0.2) is 93.0 Å². The molecule has 0 radical (unpaired) electrons. The zero-order chi connectivity index (χ0) is 38.7. The molecule has 2 aliphatic heterocycles. The maximum Gasteiger partial charge on any atom is 0.410 e. The predicted molar refractivity (Wildman–Crippen MR) is 196 cm³/mol. The second kappa shape index (κ2) is 15.9. The zero-order valence-corrected chi connectivity index (χ0v) is 30.7. The number of nitrogens with zero attached hydrogens (tertiary/aromatic N) is 4. The van der Waals surface area contributed by atoms with Crippen molar-refractivity contribution in [2.24, 2.45) is 5.92 Å². The number of halogens is 2. The van der Waals surface area contributed by atoms with Gasteiger partial charge in [0.25, 0.3) is 5.91 Å². The van der Waals surface area contributed by atoms with Crippen LogP contribution in [0.3, 0.4) is 0 Å². The fraction of sp³-hybridized carbons (Fsp3) is 0.462. The summed E-state index contributed by atoms with van der Waals surface area (Å²) in [5.41, 5.74) is 0.844. The third kappa shape index (κ3) is 9.36. The predicted octanol–water partition coefficient (Wildman–Crippen LogP) is 5.08. The molecule has 13 nitrogen and oxygen atoms in total. The highest BCUT2D eigenvalue weighted by Crippen LogP contribution is 2.32. The Morgan fingerprint density at radius 2 is 1.76 bits per heavy atom. The molecule has 4 atom stereocenters. The second-order valence-corrected chi connectivity index (χ2v) is 15.0. The number of alkyl halides is 1. The zero-order valence-electron chi connectivity index (χ0n) is 30.7. The number of hydrogen-bond donors (Lipinski definition) is 3. The van der Waals surface area contributed by atoms with E-state index < -0.39 is 72.0 Å². The van der Waals surface area contributed by atoms with E-state index in [4.69, 9.17) is 9.72 Å². The molecule has 15 heteroatoms. The lowest BCUT2D eigenvalue weighted by atomic mass is 10.1. The van der Waals surface area contributed by atoms with E-state index in [0.717, 1.165) is 17.7 Å². The molecule has 2 saturated heterocycles. The summed E-state index contributed by atoms with van der Waals surface area (Å²) in [5, 5.41) is 8.69. The Labute approximate surface area is 311 Å². The minimum atomic E-state index is -1.46. The Morgan fingerprint density at radius 1 is 0.981 bits per heavy atom. The minimum Gasteiger partial charge on any atom is -0.444 e. The number of rotatable bonds is 10. The number of aromatic nitrogens is 2. The Bertz CT molecular complexity index is 1980. The van der Waals surface area contributed by atoms with E-state index in [9.17, 15) is 32.8 Å². The number of carbonyl (C=O) groups is 5. The lowest BCUT2D eigenvalue weighted by Crippen LogP contribution is -2.49. The van der Waals surface area contributed by atoms with Gasteiger partial charge in [-0.1, -0.05) is 18.2 Å². The van der Waals surface area contributed by atoms with E-state index in [1.54, 1.807) is 45.9 Å². The Balaban J connectivity index is 1.12. The van der Waals surface area contributed by atoms with E-state index in [-0.39, 0.29) is 24.5 Å². The van der Waals surface area contributed by atoms with Crippen LogP contribution in [-0.2, 0) is 19.1 Å². The number of benzene rings is 1. The lowest BCUT2D eigenvalue weighted by molar-refractivity contribution is -0.138. The first-order valence-corrected chi connectivity index (χ1v) is 18.2. The molecule has 3 N–H and O–H groups in total. The molecule has 54 heavy (non-hydrogen) atoms. The summed E-state index contributed by atoms with van der Waals surface area (Å²) in [6.07, 6.45) is 4.99. The Kier molecular flexibility index (Phi) is 11.2. The molecular formula is C39H45F2N7O6. The van der Waals surface area contributed by atoms with Crippen LogP contribution in [0, 0.1) is 11.7 Å². The summed E-state index contributed by atoms with van der Waals surface area (Å²) in [7, 11) is 0. The van der Waals surface area contributed by atoms with E-state index >= 15 is 0 Å². The maximum atomic E-state index is 14.8. The standard InChI is InChI=1S/C39H45F2N7O6/c1-22(34-24(10-9-23-7-8-23)12-16-32(45-34)46-36(51)30-6-5-17-47(30)38(53)54-39(2,3)4)43-37(52)31-19-27(41)21-48(31)33(49)20-42-35(50)29-14-11-25-18-26(40)13-15-28(25)44-29/h9-16,18,22-23,27,30-31H,5-8,17,19-21H2,1-4H3,(H,42,50)(H,43,52)(H,45,46,51)/b10-9+/t22?,27-,30+,31?/m1/s1. The number of fused-ring (bicyclic) bond motifs is 1. The van der Waals surface area contributed by atoms with Gasteiger partial charge in [0.2, 0.25) is 17.7 Å². The topological polar surface area (TPSA) is 163 Å². The van der Waals surface area contributed by atoms with Crippen molar-refractivity contribution in [3.63, 3.8) is 0 Å². The first kappa shape index (κ1) is 38.3. The fourth-order valence-corrected chi connectivity index (χ4v) is 6.62. The number of anilines is 1. The van der Waals surface area contributed by atoms with Crippen molar-refractivity contribution in [2.45, 2.75) is 89.7 Å². The van der Waals surface area contributed by atoms with E-state index in [1.807, 2.05) is 6.08 Å². The van der Waals surface area contributed by atoms with Crippen LogP contribution < -0.4 is 16.0 Å². The Hall–Kier alpha value is -5.47. The van der Waals surface area contributed by atoms with Crippen molar-refractivity contribution < 1.29 is 37.5 Å². The number of allylic oxidation sites excluding steroid dienone is 1.